The minimum atomic E-state index is -1.36. The van der Waals surface area contributed by atoms with E-state index in [-0.39, 0.29) is 35.2 Å². The second-order valence-corrected chi connectivity index (χ2v) is 22.8. The highest BCUT2D eigenvalue weighted by molar-refractivity contribution is 8.01. The Morgan fingerprint density at radius 3 is 1.90 bits per heavy atom. The Kier molecular flexibility index (Phi) is 15.8. The van der Waals surface area contributed by atoms with Crippen LogP contribution in [0.1, 0.15) is 77.8 Å². The van der Waals surface area contributed by atoms with Crippen molar-refractivity contribution >= 4 is 80.8 Å². The smallest absolute Gasteiger partial charge is 0.356 e. The van der Waals surface area contributed by atoms with Crippen molar-refractivity contribution in [3.63, 3.8) is 0 Å². The fourth-order valence-corrected chi connectivity index (χ4v) is 12.8. The normalized spacial score (nSPS) is 16.0. The standard InChI is InChI=1S/C57H51N9O7S4/c1-56(2,3)72-53(70)49(43-31-20-32-74-43)73-62-46(42-35-75-54(58-42)60-57(38-25-14-7-15-26-38,39-27-16-8-17-28-39)40-29-18-9-19-30-40)50(68)59-51-41(34-76-55-61-63-64-65(55)4)47(66-44(67)33-45(66)77-51)52(69)71-48(36-21-10-5-11-22-36)37-23-12-6-13-24-37/h5-32,35,45,48-49,51H,33-34H2,1-4H3,(H,58,60)(H,59,68)/b62-46-/t45-,49?,51?/m1/s1. The second-order valence-electron chi connectivity index (χ2n) is 18.8. The molecule has 5 heterocycles. The molecule has 20 heteroatoms. The Morgan fingerprint density at radius 2 is 1.38 bits per heavy atom. The molecule has 2 aliphatic rings. The number of oxime groups is 1. The van der Waals surface area contributed by atoms with Crippen LogP contribution in [0.15, 0.2) is 196 Å². The summed E-state index contributed by atoms with van der Waals surface area (Å²) >= 11 is 5.02. The van der Waals surface area contributed by atoms with Gasteiger partial charge in [0.1, 0.15) is 27.9 Å². The number of tetrazole rings is 1. The van der Waals surface area contributed by atoms with E-state index < -0.39 is 51.9 Å². The summed E-state index contributed by atoms with van der Waals surface area (Å²) in [6.07, 6.45) is -2.11. The molecule has 0 radical (unpaired) electrons. The van der Waals surface area contributed by atoms with Crippen LogP contribution >= 0.6 is 46.2 Å². The van der Waals surface area contributed by atoms with Crippen molar-refractivity contribution in [2.75, 3.05) is 11.1 Å². The van der Waals surface area contributed by atoms with Gasteiger partial charge in [0.2, 0.25) is 11.1 Å². The van der Waals surface area contributed by atoms with Crippen LogP contribution in [0.4, 0.5) is 5.13 Å². The van der Waals surface area contributed by atoms with Gasteiger partial charge >= 0.3 is 11.9 Å². The lowest BCUT2D eigenvalue weighted by atomic mass is 9.77. The van der Waals surface area contributed by atoms with Gasteiger partial charge in [-0.1, -0.05) is 175 Å². The number of β-lactam (4-membered cyclic amide) rings is 1. The Hall–Kier alpha value is -7.91. The van der Waals surface area contributed by atoms with E-state index in [1.54, 1.807) is 50.7 Å². The maximum atomic E-state index is 15.4. The van der Waals surface area contributed by atoms with Gasteiger partial charge in [0.15, 0.2) is 16.9 Å². The highest BCUT2D eigenvalue weighted by Gasteiger charge is 2.50. The SMILES string of the molecule is Cn1nnnc1SCC1=C(C(=O)OC(c2ccccc2)c2ccccc2)N2C(=O)C[C@H]2SC1NC(=O)/C(=N\OC(C(=O)OC(C)(C)C)c1cccs1)c1csc(NC(c2ccccc2)(c2ccccc2)c2ccccc2)n1. The van der Waals surface area contributed by atoms with Crippen LogP contribution in [-0.4, -0.2) is 81.7 Å². The third-order valence-corrected chi connectivity index (χ3v) is 16.5. The summed E-state index contributed by atoms with van der Waals surface area (Å²) in [6, 6.07) is 52.2. The minimum Gasteiger partial charge on any atom is -0.457 e. The molecule has 1 fully saturated rings. The van der Waals surface area contributed by atoms with Crippen LogP contribution in [0.3, 0.4) is 0 Å². The van der Waals surface area contributed by atoms with E-state index in [4.69, 9.17) is 19.3 Å². The molecule has 77 heavy (non-hydrogen) atoms. The number of carbonyl (C=O) groups excluding carboxylic acids is 4. The number of benzene rings is 5. The number of anilines is 1. The van der Waals surface area contributed by atoms with Gasteiger partial charge in [-0.25, -0.2) is 19.3 Å². The van der Waals surface area contributed by atoms with Crippen LogP contribution in [0.25, 0.3) is 0 Å². The Morgan fingerprint density at radius 1 is 0.792 bits per heavy atom. The van der Waals surface area contributed by atoms with Gasteiger partial charge in [0.05, 0.1) is 16.7 Å². The molecule has 16 nitrogen and oxygen atoms in total. The summed E-state index contributed by atoms with van der Waals surface area (Å²) in [6.45, 7) is 5.25. The van der Waals surface area contributed by atoms with Crippen molar-refractivity contribution in [2.24, 2.45) is 12.2 Å². The molecule has 0 saturated carbocycles. The molecule has 2 aliphatic heterocycles. The number of hydrogen-bond donors (Lipinski definition) is 2. The van der Waals surface area contributed by atoms with E-state index in [1.807, 2.05) is 152 Å². The molecular weight excluding hydrogens is 1050 g/mol. The Labute approximate surface area is 460 Å². The zero-order valence-electron chi connectivity index (χ0n) is 42.1. The molecule has 390 valence electrons. The van der Waals surface area contributed by atoms with Crippen LogP contribution in [0, 0.1) is 0 Å². The lowest BCUT2D eigenvalue weighted by Gasteiger charge is -2.47. The number of rotatable bonds is 19. The number of ether oxygens (including phenoxy) is 2. The van der Waals surface area contributed by atoms with E-state index in [0.717, 1.165) is 16.7 Å². The molecule has 1 saturated heterocycles. The highest BCUT2D eigenvalue weighted by atomic mass is 32.2. The quantitative estimate of drug-likeness (QED) is 0.0194. The maximum Gasteiger partial charge on any atom is 0.356 e. The monoisotopic (exact) mass is 1100 g/mol. The van der Waals surface area contributed by atoms with E-state index in [0.29, 0.717) is 31.9 Å². The molecule has 2 N–H and O–H groups in total. The number of hydrogen-bond acceptors (Lipinski definition) is 17. The summed E-state index contributed by atoms with van der Waals surface area (Å²) in [4.78, 5) is 71.2. The van der Waals surface area contributed by atoms with Crippen molar-refractivity contribution in [2.45, 2.75) is 66.4 Å². The van der Waals surface area contributed by atoms with Gasteiger partial charge in [-0.15, -0.1) is 39.5 Å². The van der Waals surface area contributed by atoms with Crippen molar-refractivity contribution in [3.05, 3.63) is 224 Å². The number of thioether (sulfide) groups is 2. The molecule has 5 aromatic carbocycles. The first kappa shape index (κ1) is 52.5. The number of thiophene rings is 1. The minimum absolute atomic E-state index is 0.00793. The third kappa shape index (κ3) is 11.6. The lowest BCUT2D eigenvalue weighted by Crippen LogP contribution is -2.58. The topological polar surface area (TPSA) is 192 Å². The highest BCUT2D eigenvalue weighted by Crippen LogP contribution is 2.46. The molecule has 2 amide bonds. The van der Waals surface area contributed by atoms with Gasteiger partial charge in [-0.05, 0) is 70.5 Å². The molecule has 0 spiro atoms. The summed E-state index contributed by atoms with van der Waals surface area (Å²) in [5, 5.41) is 26.2. The first-order chi connectivity index (χ1) is 37.4. The zero-order chi connectivity index (χ0) is 53.5. The van der Waals surface area contributed by atoms with Gasteiger partial charge in [0.25, 0.3) is 12.0 Å². The fourth-order valence-electron chi connectivity index (χ4n) is 8.90. The molecular formula is C57H51N9O7S4. The average molecular weight is 1100 g/mol. The van der Waals surface area contributed by atoms with Gasteiger partial charge in [0, 0.05) is 23.8 Å². The summed E-state index contributed by atoms with van der Waals surface area (Å²) in [5.74, 6) is -2.48. The van der Waals surface area contributed by atoms with Gasteiger partial charge in [-0.2, -0.15) is 0 Å². The number of nitrogens with zero attached hydrogens (tertiary/aromatic N) is 7. The molecule has 2 unspecified atom stereocenters. The molecule has 0 aliphatic carbocycles. The van der Waals surface area contributed by atoms with E-state index in [9.17, 15) is 9.59 Å². The van der Waals surface area contributed by atoms with E-state index in [2.05, 4.69) is 31.3 Å². The number of thiazole rings is 1. The second kappa shape index (κ2) is 23.1. The predicted octanol–water partition coefficient (Wildman–Crippen LogP) is 10.1. The van der Waals surface area contributed by atoms with Gasteiger partial charge < -0.3 is 24.9 Å². The molecule has 8 aromatic rings. The first-order valence-corrected chi connectivity index (χ1v) is 28.1. The summed E-state index contributed by atoms with van der Waals surface area (Å²) in [5.41, 5.74) is 2.56. The van der Waals surface area contributed by atoms with Crippen LogP contribution in [0.5, 0.6) is 0 Å². The van der Waals surface area contributed by atoms with Crippen molar-refractivity contribution in [1.82, 2.24) is 35.4 Å². The largest absolute Gasteiger partial charge is 0.457 e. The molecule has 10 rings (SSSR count). The molecule has 0 bridgehead atoms. The van der Waals surface area contributed by atoms with Crippen molar-refractivity contribution in [1.29, 1.82) is 0 Å². The average Bonchev–Trinajstić information content (AvgIpc) is 4.29. The number of esters is 2. The van der Waals surface area contributed by atoms with E-state index in [1.165, 1.54) is 55.8 Å². The zero-order valence-corrected chi connectivity index (χ0v) is 45.4. The molecule has 3 aromatic heterocycles. The van der Waals surface area contributed by atoms with Crippen LogP contribution in [0.2, 0.25) is 0 Å². The van der Waals surface area contributed by atoms with E-state index >= 15 is 9.59 Å². The van der Waals surface area contributed by atoms with Gasteiger partial charge in [-0.3, -0.25) is 14.5 Å². The van der Waals surface area contributed by atoms with Crippen molar-refractivity contribution in [3.8, 4) is 0 Å². The number of aryl methyl sites for hydroxylation is 1. The number of amides is 2. The number of fused-ring (bicyclic) bond motifs is 1. The maximum absolute atomic E-state index is 15.4. The van der Waals surface area contributed by atoms with Crippen molar-refractivity contribution < 1.29 is 33.5 Å². The fraction of sp³-hybridized carbons (Fsp3) is 0.211. The number of nitrogens with one attached hydrogen (secondary N) is 2. The third-order valence-electron chi connectivity index (χ3n) is 12.4. The Bertz CT molecular complexity index is 3270. The molecule has 3 atom stereocenters. The van der Waals surface area contributed by atoms with Crippen LogP contribution in [-0.2, 0) is 46.1 Å². The summed E-state index contributed by atoms with van der Waals surface area (Å²) < 4.78 is 13.7. The first-order valence-electron chi connectivity index (χ1n) is 24.4. The predicted molar refractivity (Wildman–Crippen MR) is 298 cm³/mol. The van der Waals surface area contributed by atoms with Crippen LogP contribution < -0.4 is 10.6 Å². The number of aromatic nitrogens is 5. The number of carbonyl (C=O) groups is 4. The lowest BCUT2D eigenvalue weighted by molar-refractivity contribution is -0.169. The summed E-state index contributed by atoms with van der Waals surface area (Å²) in [7, 11) is 1.68. The Balaban J connectivity index is 1.06.